The summed E-state index contributed by atoms with van der Waals surface area (Å²) in [7, 11) is -1.68. The molecule has 0 radical (unpaired) electrons. The zero-order valence-electron chi connectivity index (χ0n) is 21.2. The van der Waals surface area contributed by atoms with Gasteiger partial charge < -0.3 is 4.74 Å². The number of benzene rings is 2. The second kappa shape index (κ2) is 11.8. The molecule has 0 spiro atoms. The van der Waals surface area contributed by atoms with E-state index in [0.717, 1.165) is 56.3 Å². The van der Waals surface area contributed by atoms with Crippen LogP contribution < -0.4 is 0 Å². The zero-order valence-corrected chi connectivity index (χ0v) is 22.1. The molecule has 0 aromatic heterocycles. The Balaban J connectivity index is 1.30. The molecule has 1 saturated heterocycles. The van der Waals surface area contributed by atoms with Crippen LogP contribution in [0.2, 0.25) is 0 Å². The van der Waals surface area contributed by atoms with Crippen LogP contribution in [0.4, 0.5) is 0 Å². The molecule has 5 nitrogen and oxygen atoms in total. The Labute approximate surface area is 211 Å². The molecule has 1 aliphatic heterocycles. The first-order chi connectivity index (χ1) is 16.9. The molecule has 2 aliphatic rings. The number of piperazine rings is 1. The lowest BCUT2D eigenvalue weighted by atomic mass is 9.84. The van der Waals surface area contributed by atoms with Crippen LogP contribution in [-0.2, 0) is 27.6 Å². The molecule has 4 rings (SSSR count). The van der Waals surface area contributed by atoms with Crippen molar-refractivity contribution >= 4 is 10.0 Å². The molecule has 1 saturated carbocycles. The molecule has 2 fully saturated rings. The molecule has 3 atom stereocenters. The maximum Gasteiger partial charge on any atom is 0.243 e. The SMILES string of the molecule is C=C(CCc1ccccc1)Cc1ccc(S(=O)(=O)N2CCN(C3CC(C)CCC3OC)CC2)cc1. The average molecular weight is 497 g/mol. The highest BCUT2D eigenvalue weighted by Crippen LogP contribution is 2.30. The van der Waals surface area contributed by atoms with E-state index >= 15 is 0 Å². The molecule has 6 heteroatoms. The first kappa shape index (κ1) is 26.1. The number of ether oxygens (including phenoxy) is 1. The molecule has 35 heavy (non-hydrogen) atoms. The van der Waals surface area contributed by atoms with Crippen molar-refractivity contribution < 1.29 is 13.2 Å². The normalized spacial score (nSPS) is 24.3. The molecule has 2 aromatic carbocycles. The topological polar surface area (TPSA) is 49.9 Å². The highest BCUT2D eigenvalue weighted by Gasteiger charge is 2.36. The maximum absolute atomic E-state index is 13.3. The van der Waals surface area contributed by atoms with Gasteiger partial charge in [-0.2, -0.15) is 4.31 Å². The van der Waals surface area contributed by atoms with E-state index < -0.39 is 10.0 Å². The number of nitrogens with zero attached hydrogens (tertiary/aromatic N) is 2. The van der Waals surface area contributed by atoms with Crippen molar-refractivity contribution in [2.24, 2.45) is 5.92 Å². The highest BCUT2D eigenvalue weighted by molar-refractivity contribution is 7.89. The summed E-state index contributed by atoms with van der Waals surface area (Å²) in [5.74, 6) is 0.695. The summed E-state index contributed by atoms with van der Waals surface area (Å²) in [5, 5.41) is 0. The largest absolute Gasteiger partial charge is 0.380 e. The van der Waals surface area contributed by atoms with Crippen molar-refractivity contribution in [3.05, 3.63) is 77.9 Å². The molecule has 1 heterocycles. The van der Waals surface area contributed by atoms with Crippen LogP contribution in [-0.4, -0.2) is 63.1 Å². The van der Waals surface area contributed by atoms with Gasteiger partial charge in [-0.25, -0.2) is 8.42 Å². The van der Waals surface area contributed by atoms with Gasteiger partial charge in [0.2, 0.25) is 10.0 Å². The standard InChI is InChI=1S/C29H40N2O3S/c1-23(9-11-25-7-5-4-6-8-25)21-26-12-14-27(15-13-26)35(32,33)31-19-17-30(18-20-31)28-22-24(2)10-16-29(28)34-3/h4-8,12-15,24,28-29H,1,9-11,16-22H2,2-3H3. The van der Waals surface area contributed by atoms with E-state index in [1.807, 2.05) is 18.2 Å². The van der Waals surface area contributed by atoms with Crippen LogP contribution in [0.3, 0.4) is 0 Å². The third kappa shape index (κ3) is 6.62. The van der Waals surface area contributed by atoms with Gasteiger partial charge in [0.15, 0.2) is 0 Å². The van der Waals surface area contributed by atoms with Crippen molar-refractivity contribution in [1.82, 2.24) is 9.21 Å². The molecular weight excluding hydrogens is 456 g/mol. The van der Waals surface area contributed by atoms with Crippen LogP contribution in [0.15, 0.2) is 71.6 Å². The van der Waals surface area contributed by atoms with Crippen molar-refractivity contribution in [2.45, 2.75) is 62.5 Å². The van der Waals surface area contributed by atoms with E-state index in [2.05, 4.69) is 42.7 Å². The van der Waals surface area contributed by atoms with Gasteiger partial charge in [0.1, 0.15) is 0 Å². The number of aryl methyl sites for hydroxylation is 1. The van der Waals surface area contributed by atoms with Gasteiger partial charge in [-0.05, 0) is 67.7 Å². The second-order valence-electron chi connectivity index (χ2n) is 10.3. The number of hydrogen-bond acceptors (Lipinski definition) is 4. The van der Waals surface area contributed by atoms with E-state index in [9.17, 15) is 8.42 Å². The maximum atomic E-state index is 13.3. The van der Waals surface area contributed by atoms with Gasteiger partial charge in [0, 0.05) is 39.3 Å². The lowest BCUT2D eigenvalue weighted by Crippen LogP contribution is -2.56. The molecule has 0 amide bonds. The van der Waals surface area contributed by atoms with Crippen LogP contribution in [0, 0.1) is 5.92 Å². The first-order valence-corrected chi connectivity index (χ1v) is 14.4. The number of hydrogen-bond donors (Lipinski definition) is 0. The molecule has 2 aromatic rings. The Morgan fingerprint density at radius 2 is 1.66 bits per heavy atom. The lowest BCUT2D eigenvalue weighted by molar-refractivity contribution is -0.0311. The summed E-state index contributed by atoms with van der Waals surface area (Å²) in [6.45, 7) is 9.12. The third-order valence-corrected chi connectivity index (χ3v) is 9.60. The minimum atomic E-state index is -3.48. The van der Waals surface area contributed by atoms with Gasteiger partial charge in [-0.15, -0.1) is 0 Å². The van der Waals surface area contributed by atoms with E-state index in [1.165, 1.54) is 12.0 Å². The molecule has 0 bridgehead atoms. The predicted molar refractivity (Wildman–Crippen MR) is 142 cm³/mol. The summed E-state index contributed by atoms with van der Waals surface area (Å²) in [5.41, 5.74) is 3.57. The summed E-state index contributed by atoms with van der Waals surface area (Å²) in [6.07, 6.45) is 6.35. The molecule has 1 aliphatic carbocycles. The van der Waals surface area contributed by atoms with Crippen molar-refractivity contribution in [3.8, 4) is 0 Å². The number of methoxy groups -OCH3 is 1. The molecule has 190 valence electrons. The van der Waals surface area contributed by atoms with Crippen LogP contribution in [0.5, 0.6) is 0 Å². The van der Waals surface area contributed by atoms with Gasteiger partial charge in [0.05, 0.1) is 11.0 Å². The summed E-state index contributed by atoms with van der Waals surface area (Å²) < 4.78 is 34.0. The van der Waals surface area contributed by atoms with Crippen molar-refractivity contribution in [3.63, 3.8) is 0 Å². The number of sulfonamides is 1. The quantitative estimate of drug-likeness (QED) is 0.462. The van der Waals surface area contributed by atoms with Gasteiger partial charge in [-0.1, -0.05) is 61.5 Å². The van der Waals surface area contributed by atoms with E-state index in [4.69, 9.17) is 4.74 Å². The lowest BCUT2D eigenvalue weighted by Gasteiger charge is -2.44. The fourth-order valence-corrected chi connectivity index (χ4v) is 6.95. The summed E-state index contributed by atoms with van der Waals surface area (Å²) in [4.78, 5) is 2.82. The first-order valence-electron chi connectivity index (χ1n) is 12.9. The van der Waals surface area contributed by atoms with E-state index in [1.54, 1.807) is 23.5 Å². The molecule has 0 N–H and O–H groups in total. The third-order valence-electron chi connectivity index (χ3n) is 7.69. The molecule has 3 unspecified atom stereocenters. The molecular formula is C29H40N2O3S. The van der Waals surface area contributed by atoms with Gasteiger partial charge in [-0.3, -0.25) is 4.90 Å². The Morgan fingerprint density at radius 3 is 2.31 bits per heavy atom. The second-order valence-corrected chi connectivity index (χ2v) is 12.2. The zero-order chi connectivity index (χ0) is 24.8. The Bertz CT molecular complexity index is 1060. The van der Waals surface area contributed by atoms with Crippen molar-refractivity contribution in [2.75, 3.05) is 33.3 Å². The van der Waals surface area contributed by atoms with Crippen LogP contribution in [0.1, 0.15) is 43.7 Å². The Hall–Kier alpha value is -1.99. The fraction of sp³-hybridized carbons (Fsp3) is 0.517. The summed E-state index contributed by atoms with van der Waals surface area (Å²) >= 11 is 0. The van der Waals surface area contributed by atoms with E-state index in [0.29, 0.717) is 29.9 Å². The minimum absolute atomic E-state index is 0.254. The van der Waals surface area contributed by atoms with Gasteiger partial charge in [0.25, 0.3) is 0 Å². The van der Waals surface area contributed by atoms with Crippen LogP contribution in [0.25, 0.3) is 0 Å². The summed E-state index contributed by atoms with van der Waals surface area (Å²) in [6, 6.07) is 18.2. The Morgan fingerprint density at radius 1 is 0.971 bits per heavy atom. The van der Waals surface area contributed by atoms with Crippen LogP contribution >= 0.6 is 0 Å². The monoisotopic (exact) mass is 496 g/mol. The number of rotatable bonds is 9. The van der Waals surface area contributed by atoms with E-state index in [-0.39, 0.29) is 6.10 Å². The average Bonchev–Trinajstić information content (AvgIpc) is 2.88. The van der Waals surface area contributed by atoms with Crippen molar-refractivity contribution in [1.29, 1.82) is 0 Å². The smallest absolute Gasteiger partial charge is 0.243 e. The van der Waals surface area contributed by atoms with Gasteiger partial charge >= 0.3 is 0 Å². The Kier molecular flexibility index (Phi) is 8.82. The number of allylic oxidation sites excluding steroid dienone is 1. The predicted octanol–water partition coefficient (Wildman–Crippen LogP) is 4.93. The fourth-order valence-electron chi connectivity index (χ4n) is 5.53. The minimum Gasteiger partial charge on any atom is -0.380 e. The highest BCUT2D eigenvalue weighted by atomic mass is 32.2.